The summed E-state index contributed by atoms with van der Waals surface area (Å²) in [6, 6.07) is 0. The lowest BCUT2D eigenvalue weighted by molar-refractivity contribution is -0.326. The van der Waals surface area contributed by atoms with Crippen molar-refractivity contribution in [3.8, 4) is 0 Å². The highest BCUT2D eigenvalue weighted by Crippen LogP contribution is 2.36. The van der Waals surface area contributed by atoms with Gasteiger partial charge < -0.3 is 9.47 Å². The Bertz CT molecular complexity index is 314. The summed E-state index contributed by atoms with van der Waals surface area (Å²) >= 11 is 0. The summed E-state index contributed by atoms with van der Waals surface area (Å²) in [6.07, 6.45) is 3.76. The van der Waals surface area contributed by atoms with E-state index in [0.29, 0.717) is 0 Å². The minimum Gasteiger partial charge on any atom is -0.395 e. The van der Waals surface area contributed by atoms with Crippen LogP contribution in [0, 0.1) is 0 Å². The summed E-state index contributed by atoms with van der Waals surface area (Å²) < 4.78 is 33.7. The summed E-state index contributed by atoms with van der Waals surface area (Å²) in [5, 5.41) is 0. The van der Waals surface area contributed by atoms with E-state index in [0.717, 1.165) is 0 Å². The largest absolute Gasteiger partial charge is 0.586 e. The number of allylic oxidation sites excluding steroid dienone is 5. The molecule has 4 heteroatoms. The zero-order chi connectivity index (χ0) is 10.6. The quantitative estimate of drug-likeness (QED) is 0.681. The van der Waals surface area contributed by atoms with Crippen LogP contribution < -0.4 is 0 Å². The molecule has 1 rings (SSSR count). The minimum absolute atomic E-state index is 0.00648. The first-order chi connectivity index (χ1) is 6.59. The molecule has 0 unspecified atom stereocenters. The first kappa shape index (κ1) is 10.5. The van der Waals surface area contributed by atoms with Gasteiger partial charge in [-0.25, -0.2) is 0 Å². The van der Waals surface area contributed by atoms with Gasteiger partial charge in [-0.2, -0.15) is 0 Å². The zero-order valence-corrected chi connectivity index (χ0v) is 7.67. The van der Waals surface area contributed by atoms with Gasteiger partial charge in [-0.3, -0.25) is 0 Å². The molecule has 0 aromatic heterocycles. The Morgan fingerprint density at radius 2 is 1.79 bits per heavy atom. The number of hydrogen-bond donors (Lipinski definition) is 0. The highest BCUT2D eigenvalue weighted by molar-refractivity contribution is 5.29. The molecule has 0 amide bonds. The number of alkyl halides is 2. The predicted molar refractivity (Wildman–Crippen MR) is 48.3 cm³/mol. The maximum Gasteiger partial charge on any atom is 0.586 e. The lowest BCUT2D eigenvalue weighted by Gasteiger charge is -2.03. The van der Waals surface area contributed by atoms with E-state index in [1.165, 1.54) is 18.2 Å². The first-order valence-electron chi connectivity index (χ1n) is 4.01. The lowest BCUT2D eigenvalue weighted by Crippen LogP contribution is -2.14. The molecule has 1 fully saturated rings. The minimum atomic E-state index is -3.58. The van der Waals surface area contributed by atoms with E-state index in [1.807, 2.05) is 0 Å². The molecule has 1 saturated heterocycles. The van der Waals surface area contributed by atoms with Gasteiger partial charge in [0.25, 0.3) is 0 Å². The van der Waals surface area contributed by atoms with Crippen molar-refractivity contribution in [3.63, 3.8) is 0 Å². The van der Waals surface area contributed by atoms with E-state index in [2.05, 4.69) is 16.1 Å². The van der Waals surface area contributed by atoms with Crippen molar-refractivity contribution in [1.29, 1.82) is 0 Å². The van der Waals surface area contributed by atoms with E-state index in [4.69, 9.17) is 0 Å². The van der Waals surface area contributed by atoms with Crippen molar-refractivity contribution in [2.45, 2.75) is 13.2 Å². The molecule has 2 nitrogen and oxygen atoms in total. The van der Waals surface area contributed by atoms with Crippen LogP contribution in [0.15, 0.2) is 48.5 Å². The summed E-state index contributed by atoms with van der Waals surface area (Å²) in [7, 11) is 0. The maximum atomic E-state index is 12.6. The van der Waals surface area contributed by atoms with Crippen LogP contribution in [-0.2, 0) is 9.47 Å². The number of halogens is 2. The van der Waals surface area contributed by atoms with Crippen LogP contribution in [0.1, 0.15) is 6.92 Å². The molecule has 0 radical (unpaired) electrons. The predicted octanol–water partition coefficient (Wildman–Crippen LogP) is 3.11. The molecular weight excluding hydrogens is 190 g/mol. The second kappa shape index (κ2) is 4.09. The van der Waals surface area contributed by atoms with Gasteiger partial charge in [0.15, 0.2) is 11.5 Å². The van der Waals surface area contributed by atoms with Crippen LogP contribution in [0.25, 0.3) is 0 Å². The van der Waals surface area contributed by atoms with E-state index in [1.54, 1.807) is 19.1 Å². The van der Waals surface area contributed by atoms with E-state index in [9.17, 15) is 8.78 Å². The standard InChI is InChI=1S/C10H10F2O2/c1-3-5-7-9-8(6-4-2)13-10(11,12)14-9/h3-7H,2H2,1H3/b5-3-,8-6+,9-7+. The summed E-state index contributed by atoms with van der Waals surface area (Å²) in [5.41, 5.74) is 0. The monoisotopic (exact) mass is 200 g/mol. The average Bonchev–Trinajstić information content (AvgIpc) is 2.38. The fourth-order valence-electron chi connectivity index (χ4n) is 0.900. The Morgan fingerprint density at radius 3 is 2.29 bits per heavy atom. The fraction of sp³-hybridized carbons (Fsp3) is 0.200. The molecule has 0 aromatic carbocycles. The van der Waals surface area contributed by atoms with Crippen molar-refractivity contribution in [3.05, 3.63) is 48.5 Å². The molecule has 0 aromatic rings. The van der Waals surface area contributed by atoms with Crippen molar-refractivity contribution in [2.75, 3.05) is 0 Å². The van der Waals surface area contributed by atoms with E-state index in [-0.39, 0.29) is 11.5 Å². The molecule has 1 aliphatic rings. The lowest BCUT2D eigenvalue weighted by atomic mass is 10.3. The molecule has 0 atom stereocenters. The van der Waals surface area contributed by atoms with Crippen LogP contribution in [-0.4, -0.2) is 6.29 Å². The number of ether oxygens (including phenoxy) is 2. The van der Waals surface area contributed by atoms with Gasteiger partial charge in [-0.05, 0) is 19.1 Å². The van der Waals surface area contributed by atoms with Crippen LogP contribution in [0.4, 0.5) is 8.78 Å². The average molecular weight is 200 g/mol. The Morgan fingerprint density at radius 1 is 1.21 bits per heavy atom. The summed E-state index contributed by atoms with van der Waals surface area (Å²) in [6.45, 7) is 5.15. The molecule has 0 spiro atoms. The Balaban J connectivity index is 2.94. The molecule has 14 heavy (non-hydrogen) atoms. The molecule has 0 N–H and O–H groups in total. The number of hydrogen-bond acceptors (Lipinski definition) is 2. The summed E-state index contributed by atoms with van der Waals surface area (Å²) in [4.78, 5) is 0. The van der Waals surface area contributed by atoms with Gasteiger partial charge in [0.05, 0.1) is 0 Å². The Labute approximate surface area is 80.8 Å². The van der Waals surface area contributed by atoms with Crippen molar-refractivity contribution in [2.24, 2.45) is 0 Å². The van der Waals surface area contributed by atoms with Gasteiger partial charge in [0.2, 0.25) is 0 Å². The van der Waals surface area contributed by atoms with Gasteiger partial charge >= 0.3 is 6.29 Å². The first-order valence-corrected chi connectivity index (χ1v) is 4.01. The molecule has 0 saturated carbocycles. The molecule has 1 heterocycles. The van der Waals surface area contributed by atoms with Crippen molar-refractivity contribution >= 4 is 0 Å². The van der Waals surface area contributed by atoms with Crippen LogP contribution in [0.2, 0.25) is 0 Å². The Kier molecular flexibility index (Phi) is 3.06. The third-order valence-electron chi connectivity index (χ3n) is 1.41. The van der Waals surface area contributed by atoms with Gasteiger partial charge in [0, 0.05) is 0 Å². The highest BCUT2D eigenvalue weighted by atomic mass is 19.3. The fourth-order valence-corrected chi connectivity index (χ4v) is 0.900. The SMILES string of the molecule is C=C/C=C1/OC(F)(F)O/C1=C/C=C\C. The van der Waals surface area contributed by atoms with Gasteiger partial charge in [0.1, 0.15) is 0 Å². The van der Waals surface area contributed by atoms with Crippen molar-refractivity contribution in [1.82, 2.24) is 0 Å². The van der Waals surface area contributed by atoms with E-state index < -0.39 is 6.29 Å². The Hall–Kier alpha value is -1.58. The normalized spacial score (nSPS) is 25.4. The van der Waals surface area contributed by atoms with Crippen LogP contribution in [0.5, 0.6) is 0 Å². The highest BCUT2D eigenvalue weighted by Gasteiger charge is 2.45. The molecule has 0 bridgehead atoms. The number of rotatable bonds is 2. The second-order valence-electron chi connectivity index (χ2n) is 2.49. The van der Waals surface area contributed by atoms with Gasteiger partial charge in [-0.15, -0.1) is 8.78 Å². The molecule has 0 aliphatic carbocycles. The second-order valence-corrected chi connectivity index (χ2v) is 2.49. The van der Waals surface area contributed by atoms with E-state index >= 15 is 0 Å². The molecular formula is C10H10F2O2. The van der Waals surface area contributed by atoms with Crippen molar-refractivity contribution < 1.29 is 18.3 Å². The maximum absolute atomic E-state index is 12.6. The smallest absolute Gasteiger partial charge is 0.395 e. The van der Waals surface area contributed by atoms with Crippen LogP contribution in [0.3, 0.4) is 0 Å². The third kappa shape index (κ3) is 2.45. The topological polar surface area (TPSA) is 18.5 Å². The molecule has 76 valence electrons. The molecule has 1 aliphatic heterocycles. The summed E-state index contributed by atoms with van der Waals surface area (Å²) in [5.74, 6) is -0.0314. The van der Waals surface area contributed by atoms with Gasteiger partial charge in [-0.1, -0.05) is 24.8 Å². The zero-order valence-electron chi connectivity index (χ0n) is 7.67. The third-order valence-corrected chi connectivity index (χ3v) is 1.41. The van der Waals surface area contributed by atoms with Crippen LogP contribution >= 0.6 is 0 Å².